The van der Waals surface area contributed by atoms with E-state index in [-0.39, 0.29) is 5.69 Å². The van der Waals surface area contributed by atoms with E-state index < -0.39 is 4.92 Å². The first kappa shape index (κ1) is 11.3. The molecule has 0 N–H and O–H groups in total. The van der Waals surface area contributed by atoms with E-state index in [1.54, 1.807) is 12.1 Å². The lowest BCUT2D eigenvalue weighted by Gasteiger charge is -1.91. The maximum Gasteiger partial charge on any atom is 0.269 e. The monoisotopic (exact) mass is 203 g/mol. The van der Waals surface area contributed by atoms with Crippen molar-refractivity contribution in [3.05, 3.63) is 39.9 Å². The molecule has 0 saturated heterocycles. The van der Waals surface area contributed by atoms with Gasteiger partial charge in [-0.25, -0.2) is 0 Å². The summed E-state index contributed by atoms with van der Waals surface area (Å²) in [5, 5.41) is 10.4. The molecular formula is C12H13NO2. The van der Waals surface area contributed by atoms with Crippen LogP contribution in [0.2, 0.25) is 0 Å². The van der Waals surface area contributed by atoms with Crippen molar-refractivity contribution < 1.29 is 4.92 Å². The maximum absolute atomic E-state index is 10.4. The average Bonchev–Trinajstić information content (AvgIpc) is 2.25. The minimum atomic E-state index is -0.408. The summed E-state index contributed by atoms with van der Waals surface area (Å²) in [6, 6.07) is 6.31. The lowest BCUT2D eigenvalue weighted by atomic mass is 10.2. The Kier molecular flexibility index (Phi) is 4.36. The molecule has 1 aromatic rings. The van der Waals surface area contributed by atoms with Crippen molar-refractivity contribution in [3.8, 4) is 11.8 Å². The van der Waals surface area contributed by atoms with Crippen LogP contribution in [0.5, 0.6) is 0 Å². The van der Waals surface area contributed by atoms with Gasteiger partial charge in [0, 0.05) is 24.1 Å². The first-order chi connectivity index (χ1) is 7.24. The molecule has 15 heavy (non-hydrogen) atoms. The quantitative estimate of drug-likeness (QED) is 0.328. The van der Waals surface area contributed by atoms with Crippen molar-refractivity contribution in [1.82, 2.24) is 0 Å². The summed E-state index contributed by atoms with van der Waals surface area (Å²) in [5.41, 5.74) is 0.936. The van der Waals surface area contributed by atoms with Gasteiger partial charge in [-0.15, -0.1) is 0 Å². The van der Waals surface area contributed by atoms with Crippen molar-refractivity contribution in [2.45, 2.75) is 26.2 Å². The standard InChI is InChI=1S/C12H13NO2/c1-2-3-4-5-6-11-7-9-12(10-8-11)13(14)15/h7-10H,2-4H2,1H3. The number of hydrogen-bond acceptors (Lipinski definition) is 2. The fourth-order valence-corrected chi connectivity index (χ4v) is 1.10. The van der Waals surface area contributed by atoms with Crippen LogP contribution in [0.3, 0.4) is 0 Å². The van der Waals surface area contributed by atoms with Gasteiger partial charge in [-0.3, -0.25) is 10.1 Å². The van der Waals surface area contributed by atoms with Crippen molar-refractivity contribution >= 4 is 5.69 Å². The third kappa shape index (κ3) is 3.82. The molecule has 0 amide bonds. The van der Waals surface area contributed by atoms with Gasteiger partial charge in [0.15, 0.2) is 0 Å². The molecule has 3 heteroatoms. The van der Waals surface area contributed by atoms with Gasteiger partial charge in [0.25, 0.3) is 5.69 Å². The second kappa shape index (κ2) is 5.82. The molecule has 0 bridgehead atoms. The van der Waals surface area contributed by atoms with E-state index in [1.165, 1.54) is 12.1 Å². The van der Waals surface area contributed by atoms with E-state index in [1.807, 2.05) is 0 Å². The van der Waals surface area contributed by atoms with Crippen molar-refractivity contribution in [2.24, 2.45) is 0 Å². The molecule has 0 aliphatic carbocycles. The van der Waals surface area contributed by atoms with E-state index in [9.17, 15) is 10.1 Å². The fraction of sp³-hybridized carbons (Fsp3) is 0.333. The number of nitro benzene ring substituents is 1. The van der Waals surface area contributed by atoms with Crippen molar-refractivity contribution in [2.75, 3.05) is 0 Å². The van der Waals surface area contributed by atoms with Crippen LogP contribution >= 0.6 is 0 Å². The minimum absolute atomic E-state index is 0.106. The van der Waals surface area contributed by atoms with Gasteiger partial charge >= 0.3 is 0 Å². The van der Waals surface area contributed by atoms with Gasteiger partial charge in [0.05, 0.1) is 4.92 Å². The first-order valence-corrected chi connectivity index (χ1v) is 4.97. The molecule has 78 valence electrons. The Labute approximate surface area is 89.3 Å². The zero-order valence-corrected chi connectivity index (χ0v) is 8.69. The van der Waals surface area contributed by atoms with E-state index >= 15 is 0 Å². The van der Waals surface area contributed by atoms with Crippen LogP contribution in [0, 0.1) is 22.0 Å². The minimum Gasteiger partial charge on any atom is -0.258 e. The molecule has 1 aromatic carbocycles. The number of hydrogen-bond donors (Lipinski definition) is 0. The van der Waals surface area contributed by atoms with Crippen LogP contribution < -0.4 is 0 Å². The van der Waals surface area contributed by atoms with Crippen LogP contribution in [-0.2, 0) is 0 Å². The second-order valence-corrected chi connectivity index (χ2v) is 3.21. The second-order valence-electron chi connectivity index (χ2n) is 3.21. The Morgan fingerprint density at radius 2 is 2.00 bits per heavy atom. The largest absolute Gasteiger partial charge is 0.269 e. The zero-order chi connectivity index (χ0) is 11.1. The van der Waals surface area contributed by atoms with Crippen molar-refractivity contribution in [1.29, 1.82) is 0 Å². The van der Waals surface area contributed by atoms with E-state index in [2.05, 4.69) is 18.8 Å². The Hall–Kier alpha value is -1.82. The van der Waals surface area contributed by atoms with Crippen LogP contribution in [-0.4, -0.2) is 4.92 Å². The molecule has 3 nitrogen and oxygen atoms in total. The van der Waals surface area contributed by atoms with Crippen LogP contribution in [0.15, 0.2) is 24.3 Å². The SMILES string of the molecule is CCCCC#Cc1ccc([N+](=O)[O-])cc1. The summed E-state index contributed by atoms with van der Waals surface area (Å²) < 4.78 is 0. The predicted molar refractivity (Wildman–Crippen MR) is 59.5 cm³/mol. The first-order valence-electron chi connectivity index (χ1n) is 4.97. The number of non-ortho nitro benzene ring substituents is 1. The van der Waals surface area contributed by atoms with Gasteiger partial charge in [0.1, 0.15) is 0 Å². The summed E-state index contributed by atoms with van der Waals surface area (Å²) in [6.45, 7) is 2.12. The molecule has 0 fully saturated rings. The third-order valence-corrected chi connectivity index (χ3v) is 1.97. The Bertz CT molecular complexity index is 384. The molecule has 0 spiro atoms. The van der Waals surface area contributed by atoms with E-state index in [0.29, 0.717) is 0 Å². The zero-order valence-electron chi connectivity index (χ0n) is 8.69. The Morgan fingerprint density at radius 3 is 2.53 bits per heavy atom. The number of nitro groups is 1. The van der Waals surface area contributed by atoms with Gasteiger partial charge < -0.3 is 0 Å². The maximum atomic E-state index is 10.4. The normalized spacial score (nSPS) is 9.13. The summed E-state index contributed by atoms with van der Waals surface area (Å²) >= 11 is 0. The van der Waals surface area contributed by atoms with Gasteiger partial charge in [0.2, 0.25) is 0 Å². The lowest BCUT2D eigenvalue weighted by molar-refractivity contribution is -0.384. The number of nitrogens with zero attached hydrogens (tertiary/aromatic N) is 1. The topological polar surface area (TPSA) is 43.1 Å². The highest BCUT2D eigenvalue weighted by atomic mass is 16.6. The number of unbranched alkanes of at least 4 members (excludes halogenated alkanes) is 2. The molecule has 1 rings (SSSR count). The molecule has 0 aliphatic rings. The average molecular weight is 203 g/mol. The van der Waals surface area contributed by atoms with Gasteiger partial charge in [-0.1, -0.05) is 25.2 Å². The number of rotatable bonds is 3. The summed E-state index contributed by atoms with van der Waals surface area (Å²) in [6.07, 6.45) is 3.11. The molecule has 0 aliphatic heterocycles. The third-order valence-electron chi connectivity index (χ3n) is 1.97. The molecular weight excluding hydrogens is 190 g/mol. The van der Waals surface area contributed by atoms with Gasteiger partial charge in [-0.2, -0.15) is 0 Å². The molecule has 0 radical (unpaired) electrons. The fourth-order valence-electron chi connectivity index (χ4n) is 1.10. The molecule has 0 aromatic heterocycles. The Morgan fingerprint density at radius 1 is 1.33 bits per heavy atom. The highest BCUT2D eigenvalue weighted by molar-refractivity contribution is 5.40. The summed E-state index contributed by atoms with van der Waals surface area (Å²) in [5.74, 6) is 6.00. The predicted octanol–water partition coefficient (Wildman–Crippen LogP) is 3.14. The van der Waals surface area contributed by atoms with E-state index in [4.69, 9.17) is 0 Å². The van der Waals surface area contributed by atoms with Crippen LogP contribution in [0.25, 0.3) is 0 Å². The van der Waals surface area contributed by atoms with Crippen molar-refractivity contribution in [3.63, 3.8) is 0 Å². The lowest BCUT2D eigenvalue weighted by Crippen LogP contribution is -1.86. The highest BCUT2D eigenvalue weighted by Gasteiger charge is 2.01. The number of benzene rings is 1. The van der Waals surface area contributed by atoms with Gasteiger partial charge in [-0.05, 0) is 18.6 Å². The smallest absolute Gasteiger partial charge is 0.258 e. The summed E-state index contributed by atoms with van der Waals surface area (Å²) in [4.78, 5) is 9.97. The molecule has 0 heterocycles. The summed E-state index contributed by atoms with van der Waals surface area (Å²) in [7, 11) is 0. The highest BCUT2D eigenvalue weighted by Crippen LogP contribution is 2.10. The van der Waals surface area contributed by atoms with E-state index in [0.717, 1.165) is 24.8 Å². The van der Waals surface area contributed by atoms with Crippen LogP contribution in [0.1, 0.15) is 31.7 Å². The molecule has 0 unspecified atom stereocenters. The molecule has 0 atom stereocenters. The molecule has 0 saturated carbocycles. The Balaban J connectivity index is 2.63. The van der Waals surface area contributed by atoms with Crippen LogP contribution in [0.4, 0.5) is 5.69 Å².